The van der Waals surface area contributed by atoms with Gasteiger partial charge in [-0.3, -0.25) is 0 Å². The Morgan fingerprint density at radius 2 is 2.17 bits per heavy atom. The zero-order valence-electron chi connectivity index (χ0n) is 10.3. The molecular formula is C13H19BrClN3. The standard InChI is InChI=1S/C13H19BrClN3/c14-11-6-10(15)8-17-13(11)18-12(7-16)9-4-2-1-3-5-9/h6,8-9,12H,1-5,7,16H2,(H,17,18). The average molecular weight is 333 g/mol. The van der Waals surface area contributed by atoms with Crippen LogP contribution in [0.5, 0.6) is 0 Å². The van der Waals surface area contributed by atoms with E-state index >= 15 is 0 Å². The summed E-state index contributed by atoms with van der Waals surface area (Å²) < 4.78 is 0.893. The number of nitrogens with zero attached hydrogens (tertiary/aromatic N) is 1. The molecule has 0 saturated heterocycles. The average Bonchev–Trinajstić information content (AvgIpc) is 2.39. The quantitative estimate of drug-likeness (QED) is 0.881. The molecule has 0 amide bonds. The number of rotatable bonds is 4. The van der Waals surface area contributed by atoms with Crippen LogP contribution in [0.15, 0.2) is 16.7 Å². The van der Waals surface area contributed by atoms with Crippen LogP contribution in [0.3, 0.4) is 0 Å². The summed E-state index contributed by atoms with van der Waals surface area (Å²) in [5.74, 6) is 1.49. The SMILES string of the molecule is NCC(Nc1ncc(Cl)cc1Br)C1CCCCC1. The van der Waals surface area contributed by atoms with Gasteiger partial charge in [-0.1, -0.05) is 30.9 Å². The van der Waals surface area contributed by atoms with Gasteiger partial charge in [0, 0.05) is 18.8 Å². The third kappa shape index (κ3) is 3.59. The Balaban J connectivity index is 2.04. The predicted octanol–water partition coefficient (Wildman–Crippen LogP) is 3.82. The summed E-state index contributed by atoms with van der Waals surface area (Å²) >= 11 is 9.37. The van der Waals surface area contributed by atoms with Crippen molar-refractivity contribution in [2.75, 3.05) is 11.9 Å². The first-order chi connectivity index (χ1) is 8.70. The second-order valence-electron chi connectivity index (χ2n) is 4.87. The molecule has 0 aromatic carbocycles. The first kappa shape index (κ1) is 14.1. The van der Waals surface area contributed by atoms with Crippen molar-refractivity contribution in [3.63, 3.8) is 0 Å². The zero-order chi connectivity index (χ0) is 13.0. The van der Waals surface area contributed by atoms with E-state index < -0.39 is 0 Å². The van der Waals surface area contributed by atoms with Crippen LogP contribution in [0, 0.1) is 5.92 Å². The molecule has 1 fully saturated rings. The van der Waals surface area contributed by atoms with Crippen molar-refractivity contribution >= 4 is 33.3 Å². The minimum absolute atomic E-state index is 0.301. The van der Waals surface area contributed by atoms with Crippen molar-refractivity contribution in [1.82, 2.24) is 4.98 Å². The van der Waals surface area contributed by atoms with E-state index in [2.05, 4.69) is 26.2 Å². The summed E-state index contributed by atoms with van der Waals surface area (Å²) in [4.78, 5) is 4.31. The Hall–Kier alpha value is -0.320. The lowest BCUT2D eigenvalue weighted by Gasteiger charge is -2.30. The summed E-state index contributed by atoms with van der Waals surface area (Å²) in [7, 11) is 0. The molecule has 1 aliphatic carbocycles. The van der Waals surface area contributed by atoms with Crippen molar-refractivity contribution < 1.29 is 0 Å². The smallest absolute Gasteiger partial charge is 0.140 e. The Morgan fingerprint density at radius 1 is 1.44 bits per heavy atom. The molecular weight excluding hydrogens is 314 g/mol. The van der Waals surface area contributed by atoms with Crippen LogP contribution in [0.2, 0.25) is 5.02 Å². The number of halogens is 2. The number of aromatic nitrogens is 1. The molecule has 3 N–H and O–H groups in total. The molecule has 1 aromatic heterocycles. The van der Waals surface area contributed by atoms with Crippen molar-refractivity contribution in [2.24, 2.45) is 11.7 Å². The maximum absolute atomic E-state index is 5.90. The largest absolute Gasteiger partial charge is 0.365 e. The Bertz CT molecular complexity index is 394. The van der Waals surface area contributed by atoms with Crippen LogP contribution in [0.1, 0.15) is 32.1 Å². The molecule has 0 spiro atoms. The minimum atomic E-state index is 0.301. The zero-order valence-corrected chi connectivity index (χ0v) is 12.7. The highest BCUT2D eigenvalue weighted by molar-refractivity contribution is 9.10. The maximum atomic E-state index is 5.90. The third-order valence-electron chi connectivity index (χ3n) is 3.60. The van der Waals surface area contributed by atoms with Crippen molar-refractivity contribution in [2.45, 2.75) is 38.1 Å². The fourth-order valence-corrected chi connectivity index (χ4v) is 3.36. The number of hydrogen-bond acceptors (Lipinski definition) is 3. The molecule has 18 heavy (non-hydrogen) atoms. The highest BCUT2D eigenvalue weighted by atomic mass is 79.9. The van der Waals surface area contributed by atoms with E-state index in [1.165, 1.54) is 32.1 Å². The van der Waals surface area contributed by atoms with E-state index in [4.69, 9.17) is 17.3 Å². The van der Waals surface area contributed by atoms with Gasteiger partial charge in [0.05, 0.1) is 9.50 Å². The molecule has 1 aromatic rings. The van der Waals surface area contributed by atoms with Crippen LogP contribution in [-0.2, 0) is 0 Å². The van der Waals surface area contributed by atoms with Gasteiger partial charge in [0.2, 0.25) is 0 Å². The lowest BCUT2D eigenvalue weighted by molar-refractivity contribution is 0.320. The van der Waals surface area contributed by atoms with Crippen molar-refractivity contribution in [1.29, 1.82) is 0 Å². The Labute approximate surface area is 122 Å². The van der Waals surface area contributed by atoms with Gasteiger partial charge in [-0.15, -0.1) is 0 Å². The molecule has 0 bridgehead atoms. The van der Waals surface area contributed by atoms with Crippen LogP contribution in [-0.4, -0.2) is 17.6 Å². The van der Waals surface area contributed by atoms with Crippen molar-refractivity contribution in [3.05, 3.63) is 21.8 Å². The summed E-state index contributed by atoms with van der Waals surface area (Å²) in [6.07, 6.45) is 8.18. The summed E-state index contributed by atoms with van der Waals surface area (Å²) in [5, 5.41) is 4.09. The molecule has 3 nitrogen and oxygen atoms in total. The van der Waals surface area contributed by atoms with E-state index in [0.717, 1.165) is 10.3 Å². The summed E-state index contributed by atoms with van der Waals surface area (Å²) in [6.45, 7) is 0.640. The fourth-order valence-electron chi connectivity index (χ4n) is 2.60. The third-order valence-corrected chi connectivity index (χ3v) is 4.41. The highest BCUT2D eigenvalue weighted by Gasteiger charge is 2.23. The highest BCUT2D eigenvalue weighted by Crippen LogP contribution is 2.30. The second-order valence-corrected chi connectivity index (χ2v) is 6.16. The summed E-state index contributed by atoms with van der Waals surface area (Å²) in [6, 6.07) is 2.15. The molecule has 1 saturated carbocycles. The van der Waals surface area contributed by atoms with Gasteiger partial charge in [0.15, 0.2) is 0 Å². The van der Waals surface area contributed by atoms with E-state index in [-0.39, 0.29) is 0 Å². The second kappa shape index (κ2) is 6.73. The normalized spacial score (nSPS) is 18.6. The van der Waals surface area contributed by atoms with Gasteiger partial charge < -0.3 is 11.1 Å². The molecule has 1 atom stereocenters. The van der Waals surface area contributed by atoms with Gasteiger partial charge >= 0.3 is 0 Å². The molecule has 0 radical (unpaired) electrons. The monoisotopic (exact) mass is 331 g/mol. The fraction of sp³-hybridized carbons (Fsp3) is 0.615. The van der Waals surface area contributed by atoms with Crippen LogP contribution >= 0.6 is 27.5 Å². The van der Waals surface area contributed by atoms with E-state index in [0.29, 0.717) is 23.5 Å². The number of pyridine rings is 1. The Morgan fingerprint density at radius 3 is 2.78 bits per heavy atom. The molecule has 5 heteroatoms. The van der Waals surface area contributed by atoms with Crippen LogP contribution in [0.25, 0.3) is 0 Å². The van der Waals surface area contributed by atoms with E-state index in [1.54, 1.807) is 6.20 Å². The van der Waals surface area contributed by atoms with Crippen LogP contribution in [0.4, 0.5) is 5.82 Å². The van der Waals surface area contributed by atoms with Gasteiger partial charge in [-0.2, -0.15) is 0 Å². The van der Waals surface area contributed by atoms with E-state index in [1.807, 2.05) is 6.07 Å². The molecule has 1 heterocycles. The summed E-state index contributed by atoms with van der Waals surface area (Å²) in [5.41, 5.74) is 5.90. The number of nitrogens with one attached hydrogen (secondary N) is 1. The molecule has 100 valence electrons. The number of hydrogen-bond donors (Lipinski definition) is 2. The number of anilines is 1. The van der Waals surface area contributed by atoms with Gasteiger partial charge in [-0.25, -0.2) is 4.98 Å². The lowest BCUT2D eigenvalue weighted by Crippen LogP contribution is -2.37. The minimum Gasteiger partial charge on any atom is -0.365 e. The number of nitrogens with two attached hydrogens (primary N) is 1. The topological polar surface area (TPSA) is 50.9 Å². The molecule has 1 aliphatic rings. The first-order valence-electron chi connectivity index (χ1n) is 6.48. The Kier molecular flexibility index (Phi) is 5.27. The molecule has 1 unspecified atom stereocenters. The van der Waals surface area contributed by atoms with Crippen molar-refractivity contribution in [3.8, 4) is 0 Å². The lowest BCUT2D eigenvalue weighted by atomic mass is 9.84. The first-order valence-corrected chi connectivity index (χ1v) is 7.65. The van der Waals surface area contributed by atoms with Gasteiger partial charge in [0.25, 0.3) is 0 Å². The predicted molar refractivity (Wildman–Crippen MR) is 80.0 cm³/mol. The van der Waals surface area contributed by atoms with E-state index in [9.17, 15) is 0 Å². The van der Waals surface area contributed by atoms with Gasteiger partial charge in [-0.05, 0) is 40.8 Å². The maximum Gasteiger partial charge on any atom is 0.140 e. The molecule has 0 aliphatic heterocycles. The van der Waals surface area contributed by atoms with Crippen LogP contribution < -0.4 is 11.1 Å². The molecule has 2 rings (SSSR count). The van der Waals surface area contributed by atoms with Gasteiger partial charge in [0.1, 0.15) is 5.82 Å².